The van der Waals surface area contributed by atoms with Crippen LogP contribution in [0.2, 0.25) is 0 Å². The fourth-order valence-corrected chi connectivity index (χ4v) is 7.58. The summed E-state index contributed by atoms with van der Waals surface area (Å²) in [7, 11) is -4.14. The highest BCUT2D eigenvalue weighted by molar-refractivity contribution is 7.91. The number of ketones is 1. The molecule has 0 spiro atoms. The van der Waals surface area contributed by atoms with Crippen molar-refractivity contribution in [1.29, 1.82) is 5.26 Å². The Bertz CT molecular complexity index is 1750. The van der Waals surface area contributed by atoms with Gasteiger partial charge in [0.15, 0.2) is 15.6 Å². The second kappa shape index (κ2) is 9.45. The number of nitrogens with zero attached hydrogens (tertiary/aromatic N) is 3. The maximum atomic E-state index is 13.9. The van der Waals surface area contributed by atoms with Crippen LogP contribution in [0.15, 0.2) is 35.2 Å². The summed E-state index contributed by atoms with van der Waals surface area (Å²) in [6, 6.07) is 10.2. The van der Waals surface area contributed by atoms with E-state index in [1.807, 2.05) is 18.7 Å². The fourth-order valence-electron chi connectivity index (χ4n) is 5.28. The van der Waals surface area contributed by atoms with Gasteiger partial charge in [-0.1, -0.05) is 19.9 Å². The molecular formula is C27H30N4O6S2. The number of aromatic nitrogens is 1. The molecule has 1 aliphatic carbocycles. The Morgan fingerprint density at radius 2 is 1.85 bits per heavy atom. The monoisotopic (exact) mass is 570 g/mol. The molecule has 0 bridgehead atoms. The van der Waals surface area contributed by atoms with Gasteiger partial charge >= 0.3 is 0 Å². The first-order chi connectivity index (χ1) is 18.3. The molecule has 0 unspecified atom stereocenters. The van der Waals surface area contributed by atoms with Gasteiger partial charge in [0.25, 0.3) is 0 Å². The van der Waals surface area contributed by atoms with E-state index >= 15 is 0 Å². The molecule has 5 rings (SSSR count). The van der Waals surface area contributed by atoms with E-state index in [1.54, 1.807) is 24.3 Å². The Labute approximate surface area is 228 Å². The lowest BCUT2D eigenvalue weighted by molar-refractivity contribution is 0.103. The highest BCUT2D eigenvalue weighted by Crippen LogP contribution is 2.46. The highest BCUT2D eigenvalue weighted by atomic mass is 32.2. The summed E-state index contributed by atoms with van der Waals surface area (Å²) in [4.78, 5) is 19.1. The number of nitriles is 1. The van der Waals surface area contributed by atoms with Gasteiger partial charge < -0.3 is 9.72 Å². The number of carbonyl (C=O) groups excluding carboxylic acids is 1. The number of aromatic amines is 1. The molecule has 12 heteroatoms. The van der Waals surface area contributed by atoms with Crippen LogP contribution in [0.3, 0.4) is 0 Å². The molecule has 3 aromatic rings. The Hall–Kier alpha value is -3.24. The second-order valence-electron chi connectivity index (χ2n) is 10.7. The van der Waals surface area contributed by atoms with Crippen molar-refractivity contribution in [1.82, 2.24) is 14.2 Å². The van der Waals surface area contributed by atoms with Crippen LogP contribution in [0, 0.1) is 11.3 Å². The molecule has 2 aliphatic rings. The molecule has 0 atom stereocenters. The quantitative estimate of drug-likeness (QED) is 0.476. The van der Waals surface area contributed by atoms with E-state index in [0.717, 1.165) is 4.31 Å². The molecule has 2 heterocycles. The zero-order valence-corrected chi connectivity index (χ0v) is 23.9. The normalized spacial score (nSPS) is 18.5. The van der Waals surface area contributed by atoms with Gasteiger partial charge in [-0.15, -0.1) is 0 Å². The van der Waals surface area contributed by atoms with Gasteiger partial charge in [-0.3, -0.25) is 9.69 Å². The average Bonchev–Trinajstić information content (AvgIpc) is 3.28. The van der Waals surface area contributed by atoms with Crippen LogP contribution in [0.5, 0.6) is 5.75 Å². The molecule has 1 aliphatic heterocycles. The summed E-state index contributed by atoms with van der Waals surface area (Å²) >= 11 is 0. The summed E-state index contributed by atoms with van der Waals surface area (Å²) in [5.74, 6) is 0.0155. The van der Waals surface area contributed by atoms with E-state index in [2.05, 4.69) is 11.1 Å². The van der Waals surface area contributed by atoms with Crippen LogP contribution in [0.4, 0.5) is 0 Å². The minimum absolute atomic E-state index is 0.0884. The predicted molar refractivity (Wildman–Crippen MR) is 146 cm³/mol. The molecule has 1 aromatic heterocycles. The zero-order chi connectivity index (χ0) is 28.3. The zero-order valence-electron chi connectivity index (χ0n) is 22.2. The molecule has 0 amide bonds. The topological polar surface area (TPSA) is 141 Å². The summed E-state index contributed by atoms with van der Waals surface area (Å²) in [5.41, 5.74) is 2.49. The summed E-state index contributed by atoms with van der Waals surface area (Å²) in [6.45, 7) is 5.29. The summed E-state index contributed by atoms with van der Waals surface area (Å²) in [6.07, 6.45) is 0. The van der Waals surface area contributed by atoms with Gasteiger partial charge in [0.1, 0.15) is 17.3 Å². The first-order valence-electron chi connectivity index (χ1n) is 12.5. The number of sulfone groups is 1. The van der Waals surface area contributed by atoms with E-state index in [0.29, 0.717) is 52.9 Å². The van der Waals surface area contributed by atoms with Crippen molar-refractivity contribution < 1.29 is 26.4 Å². The summed E-state index contributed by atoms with van der Waals surface area (Å²) < 4.78 is 57.3. The molecule has 1 fully saturated rings. The number of hydrogen-bond acceptors (Lipinski definition) is 8. The Kier molecular flexibility index (Phi) is 6.62. The van der Waals surface area contributed by atoms with Crippen LogP contribution < -0.4 is 4.74 Å². The number of carbonyl (C=O) groups is 1. The van der Waals surface area contributed by atoms with Crippen molar-refractivity contribution in [3.8, 4) is 11.8 Å². The molecule has 0 radical (unpaired) electrons. The van der Waals surface area contributed by atoms with Crippen molar-refractivity contribution in [3.05, 3.63) is 58.3 Å². The lowest BCUT2D eigenvalue weighted by Gasteiger charge is -2.33. The molecule has 39 heavy (non-hydrogen) atoms. The average molecular weight is 571 g/mol. The third-order valence-corrected chi connectivity index (χ3v) is 11.1. The third-order valence-electron chi connectivity index (χ3n) is 7.64. The number of rotatable bonds is 6. The Morgan fingerprint density at radius 1 is 1.15 bits per heavy atom. The van der Waals surface area contributed by atoms with Gasteiger partial charge in [0, 0.05) is 61.3 Å². The maximum absolute atomic E-state index is 13.9. The van der Waals surface area contributed by atoms with Gasteiger partial charge in [-0.25, -0.2) is 21.1 Å². The van der Waals surface area contributed by atoms with Crippen molar-refractivity contribution in [2.45, 2.75) is 24.2 Å². The van der Waals surface area contributed by atoms with Crippen molar-refractivity contribution in [2.75, 3.05) is 51.8 Å². The lowest BCUT2D eigenvalue weighted by Crippen LogP contribution is -2.42. The standard InChI is InChI=1S/C27H30N4O6S2/c1-27(2)20-15-22(37-10-7-31-8-11-38(33,34)12-9-31)23(39(35,36)30(3)4)14-19(20)25(32)24-18-6-5-17(16-28)13-21(18)29-26(24)27/h5-6,13-15,29H,7-12H2,1-4H3. The predicted octanol–water partition coefficient (Wildman–Crippen LogP) is 2.27. The highest BCUT2D eigenvalue weighted by Gasteiger charge is 2.41. The Balaban J connectivity index is 1.57. The molecular weight excluding hydrogens is 540 g/mol. The number of sulfonamides is 1. The first kappa shape index (κ1) is 27.3. The first-order valence-corrected chi connectivity index (χ1v) is 15.8. The van der Waals surface area contributed by atoms with Gasteiger partial charge in [-0.05, 0) is 29.8 Å². The number of H-pyrrole nitrogens is 1. The molecule has 1 N–H and O–H groups in total. The maximum Gasteiger partial charge on any atom is 0.246 e. The molecule has 206 valence electrons. The van der Waals surface area contributed by atoms with E-state index in [4.69, 9.17) is 4.74 Å². The third kappa shape index (κ3) is 4.63. The number of hydrogen-bond donors (Lipinski definition) is 1. The molecule has 1 saturated heterocycles. The number of ether oxygens (including phenoxy) is 1. The van der Waals surface area contributed by atoms with Crippen LogP contribution in [0.25, 0.3) is 10.9 Å². The van der Waals surface area contributed by atoms with Crippen LogP contribution in [-0.2, 0) is 25.3 Å². The van der Waals surface area contributed by atoms with Crippen LogP contribution >= 0.6 is 0 Å². The van der Waals surface area contributed by atoms with Crippen LogP contribution in [0.1, 0.15) is 46.6 Å². The number of nitrogens with one attached hydrogen (secondary N) is 1. The molecule has 10 nitrogen and oxygen atoms in total. The van der Waals surface area contributed by atoms with E-state index < -0.39 is 25.3 Å². The smallest absolute Gasteiger partial charge is 0.246 e. The molecule has 2 aromatic carbocycles. The van der Waals surface area contributed by atoms with E-state index in [1.165, 1.54) is 20.2 Å². The lowest BCUT2D eigenvalue weighted by atomic mass is 9.71. The van der Waals surface area contributed by atoms with Crippen LogP contribution in [-0.4, -0.2) is 88.7 Å². The fraction of sp³-hybridized carbons (Fsp3) is 0.407. The van der Waals surface area contributed by atoms with Crippen molar-refractivity contribution >= 4 is 36.5 Å². The van der Waals surface area contributed by atoms with Gasteiger partial charge in [0.05, 0.1) is 28.7 Å². The van der Waals surface area contributed by atoms with Gasteiger partial charge in [0.2, 0.25) is 10.0 Å². The minimum Gasteiger partial charge on any atom is -0.491 e. The largest absolute Gasteiger partial charge is 0.491 e. The SMILES string of the molecule is CN(C)S(=O)(=O)c1cc2c(cc1OCCN1CCS(=O)(=O)CC1)C(C)(C)c1[nH]c3cc(C#N)ccc3c1C2=O. The number of fused-ring (bicyclic) bond motifs is 4. The van der Waals surface area contributed by atoms with E-state index in [-0.39, 0.29) is 40.1 Å². The Morgan fingerprint density at radius 3 is 2.49 bits per heavy atom. The number of benzene rings is 2. The molecule has 0 saturated carbocycles. The van der Waals surface area contributed by atoms with Crippen molar-refractivity contribution in [2.24, 2.45) is 0 Å². The van der Waals surface area contributed by atoms with E-state index in [9.17, 15) is 26.9 Å². The van der Waals surface area contributed by atoms with Crippen molar-refractivity contribution in [3.63, 3.8) is 0 Å². The van der Waals surface area contributed by atoms with Gasteiger partial charge in [-0.2, -0.15) is 5.26 Å². The minimum atomic E-state index is -3.97. The summed E-state index contributed by atoms with van der Waals surface area (Å²) in [5, 5.41) is 10.00. The second-order valence-corrected chi connectivity index (χ2v) is 15.1.